The van der Waals surface area contributed by atoms with Crippen molar-refractivity contribution in [3.8, 4) is 11.4 Å². The van der Waals surface area contributed by atoms with E-state index in [0.717, 1.165) is 29.3 Å². The van der Waals surface area contributed by atoms with Gasteiger partial charge in [-0.1, -0.05) is 62.7 Å². The Morgan fingerprint density at radius 2 is 1.68 bits per heavy atom. The number of nitrogens with zero attached hydrogens (tertiary/aromatic N) is 3. The number of fused-ring (bicyclic) bond motifs is 3. The predicted octanol–water partition coefficient (Wildman–Crippen LogP) is 6.01. The van der Waals surface area contributed by atoms with Gasteiger partial charge in [-0.2, -0.15) is 0 Å². The minimum absolute atomic E-state index is 0.377. The van der Waals surface area contributed by atoms with E-state index < -0.39 is 0 Å². The fourth-order valence-corrected chi connectivity index (χ4v) is 5.82. The standard InChI is InChI=1S/C25H29N3/c1-17-9-11-18(12-10-17)22-26-21-8-6-5-7-20(21)23(27-22)28-16-25(4)14-19(28)13-24(2,3)15-25/h5-12,19H,13-16H2,1-4H3/t19-,25-/m0/s1. The Balaban J connectivity index is 1.66. The summed E-state index contributed by atoms with van der Waals surface area (Å²) in [7, 11) is 0. The van der Waals surface area contributed by atoms with Gasteiger partial charge in [0.05, 0.1) is 5.52 Å². The van der Waals surface area contributed by atoms with Gasteiger partial charge in [-0.25, -0.2) is 9.97 Å². The van der Waals surface area contributed by atoms with Gasteiger partial charge in [0.25, 0.3) is 0 Å². The van der Waals surface area contributed by atoms with Gasteiger partial charge in [-0.3, -0.25) is 0 Å². The lowest BCUT2D eigenvalue weighted by Gasteiger charge is -2.39. The van der Waals surface area contributed by atoms with Gasteiger partial charge in [0.2, 0.25) is 0 Å². The minimum atomic E-state index is 0.377. The van der Waals surface area contributed by atoms with Gasteiger partial charge >= 0.3 is 0 Å². The summed E-state index contributed by atoms with van der Waals surface area (Å²) >= 11 is 0. The molecule has 3 aromatic rings. The topological polar surface area (TPSA) is 29.0 Å². The third-order valence-electron chi connectivity index (χ3n) is 6.58. The molecule has 2 aliphatic rings. The molecule has 2 fully saturated rings. The first-order valence-electron chi connectivity index (χ1n) is 10.4. The Morgan fingerprint density at radius 3 is 2.46 bits per heavy atom. The Kier molecular flexibility index (Phi) is 3.81. The summed E-state index contributed by atoms with van der Waals surface area (Å²) in [5.74, 6) is 1.95. The zero-order valence-corrected chi connectivity index (χ0v) is 17.4. The second-order valence-corrected chi connectivity index (χ2v) is 10.1. The summed E-state index contributed by atoms with van der Waals surface area (Å²) in [4.78, 5) is 12.6. The Hall–Kier alpha value is -2.42. The summed E-state index contributed by atoms with van der Waals surface area (Å²) in [6.07, 6.45) is 3.80. The highest BCUT2D eigenvalue weighted by molar-refractivity contribution is 5.91. The SMILES string of the molecule is Cc1ccc(-c2nc(N3C[C@@]4(C)C[C@@H]3CC(C)(C)C4)c3ccccc3n2)cc1. The highest BCUT2D eigenvalue weighted by Crippen LogP contribution is 2.53. The molecule has 2 atom stereocenters. The van der Waals surface area contributed by atoms with Crippen LogP contribution in [0.15, 0.2) is 48.5 Å². The van der Waals surface area contributed by atoms with Gasteiger partial charge in [0.15, 0.2) is 5.82 Å². The number of anilines is 1. The lowest BCUT2D eigenvalue weighted by Crippen LogP contribution is -2.35. The molecular formula is C25H29N3. The first kappa shape index (κ1) is 17.7. The first-order valence-corrected chi connectivity index (χ1v) is 10.4. The summed E-state index contributed by atoms with van der Waals surface area (Å²) in [6.45, 7) is 10.5. The number of hydrogen-bond donors (Lipinski definition) is 0. The Bertz CT molecular complexity index is 1040. The van der Waals surface area contributed by atoms with Crippen LogP contribution in [0.2, 0.25) is 0 Å². The van der Waals surface area contributed by atoms with Crippen LogP contribution in [0.5, 0.6) is 0 Å². The second-order valence-electron chi connectivity index (χ2n) is 10.1. The van der Waals surface area contributed by atoms with Gasteiger partial charge in [0.1, 0.15) is 5.82 Å². The van der Waals surface area contributed by atoms with Crippen molar-refractivity contribution in [3.05, 3.63) is 54.1 Å². The van der Waals surface area contributed by atoms with Crippen molar-refractivity contribution >= 4 is 16.7 Å². The molecule has 0 N–H and O–H groups in total. The number of aryl methyl sites for hydroxylation is 1. The highest BCUT2D eigenvalue weighted by Gasteiger charge is 2.50. The van der Waals surface area contributed by atoms with E-state index >= 15 is 0 Å². The molecule has 0 spiro atoms. The zero-order chi connectivity index (χ0) is 19.5. The molecule has 1 saturated carbocycles. The van der Waals surface area contributed by atoms with E-state index in [0.29, 0.717) is 16.9 Å². The average molecular weight is 372 g/mol. The Morgan fingerprint density at radius 1 is 0.929 bits per heavy atom. The fraction of sp³-hybridized carbons (Fsp3) is 0.440. The molecular weight excluding hydrogens is 342 g/mol. The summed E-state index contributed by atoms with van der Waals surface area (Å²) in [5.41, 5.74) is 4.16. The quantitative estimate of drug-likeness (QED) is 0.552. The molecule has 5 rings (SSSR count). The van der Waals surface area contributed by atoms with Crippen LogP contribution in [0.1, 0.15) is 45.6 Å². The number of benzene rings is 2. The Labute approximate surface area is 167 Å². The maximum absolute atomic E-state index is 5.14. The number of para-hydroxylation sites is 1. The molecule has 0 unspecified atom stereocenters. The van der Waals surface area contributed by atoms with Crippen molar-refractivity contribution in [2.75, 3.05) is 11.4 Å². The van der Waals surface area contributed by atoms with Gasteiger partial charge in [0, 0.05) is 23.5 Å². The van der Waals surface area contributed by atoms with Gasteiger partial charge in [-0.05, 0) is 49.1 Å². The average Bonchev–Trinajstić information content (AvgIpc) is 2.90. The summed E-state index contributed by atoms with van der Waals surface area (Å²) in [6, 6.07) is 17.6. The van der Waals surface area contributed by atoms with Crippen LogP contribution < -0.4 is 4.90 Å². The monoisotopic (exact) mass is 371 g/mol. The lowest BCUT2D eigenvalue weighted by atomic mass is 9.65. The first-order chi connectivity index (χ1) is 13.3. The summed E-state index contributed by atoms with van der Waals surface area (Å²) in [5, 5.41) is 1.17. The summed E-state index contributed by atoms with van der Waals surface area (Å²) < 4.78 is 0. The maximum Gasteiger partial charge on any atom is 0.162 e. The largest absolute Gasteiger partial charge is 0.352 e. The van der Waals surface area contributed by atoms with Crippen molar-refractivity contribution in [2.45, 2.75) is 53.0 Å². The van der Waals surface area contributed by atoms with Crippen LogP contribution in [0.25, 0.3) is 22.3 Å². The van der Waals surface area contributed by atoms with E-state index in [-0.39, 0.29) is 0 Å². The van der Waals surface area contributed by atoms with E-state index in [4.69, 9.17) is 9.97 Å². The molecule has 0 radical (unpaired) electrons. The predicted molar refractivity (Wildman–Crippen MR) is 117 cm³/mol. The van der Waals surface area contributed by atoms with Gasteiger partial charge in [-0.15, -0.1) is 0 Å². The molecule has 3 nitrogen and oxygen atoms in total. The highest BCUT2D eigenvalue weighted by atomic mass is 15.3. The third kappa shape index (κ3) is 2.97. The molecule has 1 aliphatic heterocycles. The van der Waals surface area contributed by atoms with Crippen LogP contribution >= 0.6 is 0 Å². The van der Waals surface area contributed by atoms with E-state index in [1.165, 1.54) is 30.2 Å². The number of hydrogen-bond acceptors (Lipinski definition) is 3. The van der Waals surface area contributed by atoms with Crippen molar-refractivity contribution in [2.24, 2.45) is 10.8 Å². The van der Waals surface area contributed by atoms with Crippen LogP contribution in [-0.2, 0) is 0 Å². The molecule has 2 heterocycles. The van der Waals surface area contributed by atoms with Crippen molar-refractivity contribution in [1.82, 2.24) is 9.97 Å². The normalized spacial score (nSPS) is 26.0. The van der Waals surface area contributed by atoms with Gasteiger partial charge < -0.3 is 4.90 Å². The second kappa shape index (κ2) is 6.04. The molecule has 1 saturated heterocycles. The maximum atomic E-state index is 5.14. The fourth-order valence-electron chi connectivity index (χ4n) is 5.82. The third-order valence-corrected chi connectivity index (χ3v) is 6.58. The zero-order valence-electron chi connectivity index (χ0n) is 17.4. The molecule has 1 aromatic heterocycles. The smallest absolute Gasteiger partial charge is 0.162 e. The van der Waals surface area contributed by atoms with Crippen LogP contribution in [0, 0.1) is 17.8 Å². The molecule has 1 aliphatic carbocycles. The van der Waals surface area contributed by atoms with Crippen LogP contribution in [0.3, 0.4) is 0 Å². The van der Waals surface area contributed by atoms with Crippen molar-refractivity contribution in [3.63, 3.8) is 0 Å². The molecule has 2 aromatic carbocycles. The minimum Gasteiger partial charge on any atom is -0.352 e. The van der Waals surface area contributed by atoms with E-state index in [1.54, 1.807) is 0 Å². The van der Waals surface area contributed by atoms with E-state index in [1.807, 2.05) is 0 Å². The van der Waals surface area contributed by atoms with E-state index in [2.05, 4.69) is 81.1 Å². The van der Waals surface area contributed by atoms with Crippen LogP contribution in [0.4, 0.5) is 5.82 Å². The molecule has 3 heteroatoms. The lowest BCUT2D eigenvalue weighted by molar-refractivity contribution is 0.136. The van der Waals surface area contributed by atoms with E-state index in [9.17, 15) is 0 Å². The number of rotatable bonds is 2. The molecule has 144 valence electrons. The molecule has 28 heavy (non-hydrogen) atoms. The molecule has 2 bridgehead atoms. The van der Waals surface area contributed by atoms with Crippen LogP contribution in [-0.4, -0.2) is 22.6 Å². The molecule has 0 amide bonds. The van der Waals surface area contributed by atoms with Crippen molar-refractivity contribution < 1.29 is 0 Å². The number of aromatic nitrogens is 2. The van der Waals surface area contributed by atoms with Crippen molar-refractivity contribution in [1.29, 1.82) is 0 Å².